The number of nitrogens with one attached hydrogen (secondary N) is 2. The van der Waals surface area contributed by atoms with E-state index >= 15 is 0 Å². The molecule has 0 spiro atoms. The van der Waals surface area contributed by atoms with Gasteiger partial charge in [-0.1, -0.05) is 11.6 Å². The molecule has 2 aromatic rings. The van der Waals surface area contributed by atoms with Gasteiger partial charge in [0.05, 0.1) is 10.6 Å². The molecule has 1 aromatic heterocycles. The number of hydrogen-bond acceptors (Lipinski definition) is 5. The monoisotopic (exact) mass is 248 g/mol. The molecule has 84 valence electrons. The molecule has 0 saturated heterocycles. The van der Waals surface area contributed by atoms with Gasteiger partial charge >= 0.3 is 0 Å². The van der Waals surface area contributed by atoms with Crippen molar-refractivity contribution in [2.24, 2.45) is 0 Å². The zero-order valence-electron chi connectivity index (χ0n) is 8.31. The maximum Gasteiger partial charge on any atom is 0.297 e. The van der Waals surface area contributed by atoms with Gasteiger partial charge in [0.25, 0.3) is 11.7 Å². The van der Waals surface area contributed by atoms with Crippen LogP contribution in [-0.4, -0.2) is 26.5 Å². The van der Waals surface area contributed by atoms with Crippen molar-refractivity contribution < 1.29 is 4.79 Å². The zero-order valence-corrected chi connectivity index (χ0v) is 9.06. The van der Waals surface area contributed by atoms with Crippen molar-refractivity contribution in [3.63, 3.8) is 0 Å². The number of nitriles is 1. The lowest BCUT2D eigenvalue weighted by Gasteiger charge is -2.03. The van der Waals surface area contributed by atoms with E-state index < -0.39 is 5.91 Å². The number of carbonyl (C=O) groups is 1. The Hall–Kier alpha value is -2.46. The number of amides is 1. The minimum Gasteiger partial charge on any atom is -0.319 e. The van der Waals surface area contributed by atoms with Crippen LogP contribution in [0.2, 0.25) is 5.02 Å². The number of halogens is 1. The number of aromatic nitrogens is 4. The summed E-state index contributed by atoms with van der Waals surface area (Å²) in [4.78, 5) is 11.5. The summed E-state index contributed by atoms with van der Waals surface area (Å²) in [5.74, 6) is -0.593. The molecule has 7 nitrogen and oxygen atoms in total. The van der Waals surface area contributed by atoms with E-state index in [-0.39, 0.29) is 10.8 Å². The molecule has 0 fully saturated rings. The first-order valence-corrected chi connectivity index (χ1v) is 4.83. The molecule has 0 atom stereocenters. The van der Waals surface area contributed by atoms with Crippen molar-refractivity contribution in [3.05, 3.63) is 34.6 Å². The number of rotatable bonds is 2. The molecule has 0 aliphatic heterocycles. The number of hydrogen-bond donors (Lipinski definition) is 2. The predicted octanol–water partition coefficient (Wildman–Crippen LogP) is 0.977. The van der Waals surface area contributed by atoms with E-state index in [2.05, 4.69) is 25.9 Å². The summed E-state index contributed by atoms with van der Waals surface area (Å²) in [5, 5.41) is 23.9. The Morgan fingerprint density at radius 1 is 1.53 bits per heavy atom. The quantitative estimate of drug-likeness (QED) is 0.824. The van der Waals surface area contributed by atoms with Crippen molar-refractivity contribution >= 4 is 23.2 Å². The molecule has 0 saturated carbocycles. The lowest BCUT2D eigenvalue weighted by atomic mass is 10.2. The molecule has 2 N–H and O–H groups in total. The van der Waals surface area contributed by atoms with Crippen LogP contribution in [0.1, 0.15) is 16.2 Å². The molecule has 0 unspecified atom stereocenters. The number of H-pyrrole nitrogens is 1. The molecule has 2 rings (SSSR count). The third-order valence-electron chi connectivity index (χ3n) is 1.90. The molecule has 17 heavy (non-hydrogen) atoms. The highest BCUT2D eigenvalue weighted by Crippen LogP contribution is 2.20. The second kappa shape index (κ2) is 4.59. The average Bonchev–Trinajstić information content (AvgIpc) is 2.82. The largest absolute Gasteiger partial charge is 0.319 e. The van der Waals surface area contributed by atoms with Gasteiger partial charge < -0.3 is 5.32 Å². The van der Waals surface area contributed by atoms with Gasteiger partial charge in [-0.2, -0.15) is 10.5 Å². The Morgan fingerprint density at radius 2 is 2.35 bits per heavy atom. The Labute approximate surface area is 100 Å². The van der Waals surface area contributed by atoms with Crippen molar-refractivity contribution in [3.8, 4) is 6.07 Å². The molecule has 1 heterocycles. The van der Waals surface area contributed by atoms with Crippen LogP contribution in [0.25, 0.3) is 0 Å². The molecule has 1 amide bonds. The fourth-order valence-electron chi connectivity index (χ4n) is 1.13. The first-order valence-electron chi connectivity index (χ1n) is 4.45. The Balaban J connectivity index is 2.18. The maximum absolute atomic E-state index is 11.5. The second-order valence-electron chi connectivity index (χ2n) is 3.00. The van der Waals surface area contributed by atoms with E-state index in [1.54, 1.807) is 6.07 Å². The summed E-state index contributed by atoms with van der Waals surface area (Å²) < 4.78 is 0. The van der Waals surface area contributed by atoms with Crippen LogP contribution in [0.15, 0.2) is 18.2 Å². The lowest BCUT2D eigenvalue weighted by Crippen LogP contribution is -2.13. The second-order valence-corrected chi connectivity index (χ2v) is 3.40. The molecular formula is C9H5ClN6O. The molecule has 1 aromatic carbocycles. The van der Waals surface area contributed by atoms with Crippen molar-refractivity contribution in [2.75, 3.05) is 5.32 Å². The Kier molecular flexibility index (Phi) is 2.98. The van der Waals surface area contributed by atoms with Crippen LogP contribution in [0.5, 0.6) is 0 Å². The Bertz CT molecular complexity index is 588. The van der Waals surface area contributed by atoms with Gasteiger partial charge in [0.15, 0.2) is 0 Å². The van der Waals surface area contributed by atoms with Crippen LogP contribution in [0.3, 0.4) is 0 Å². The van der Waals surface area contributed by atoms with Crippen molar-refractivity contribution in [2.45, 2.75) is 0 Å². The van der Waals surface area contributed by atoms with Gasteiger partial charge in [0.1, 0.15) is 6.07 Å². The van der Waals surface area contributed by atoms with E-state index in [1.165, 1.54) is 12.1 Å². The standard InChI is InChI=1S/C9H5ClN6O/c10-7-3-6(2-1-5(7)4-11)12-9(17)8-13-15-16-14-8/h1-3H,(H,12,17)(H,13,14,15,16). The summed E-state index contributed by atoms with van der Waals surface area (Å²) in [6, 6.07) is 6.46. The van der Waals surface area contributed by atoms with Crippen LogP contribution in [-0.2, 0) is 0 Å². The van der Waals surface area contributed by atoms with Gasteiger partial charge in [-0.15, -0.1) is 10.2 Å². The number of nitrogens with zero attached hydrogens (tertiary/aromatic N) is 4. The minimum atomic E-state index is -0.514. The maximum atomic E-state index is 11.5. The van der Waals surface area contributed by atoms with E-state index in [4.69, 9.17) is 16.9 Å². The minimum absolute atomic E-state index is 0.0783. The molecular weight excluding hydrogens is 244 g/mol. The third-order valence-corrected chi connectivity index (χ3v) is 2.21. The smallest absolute Gasteiger partial charge is 0.297 e. The number of carbonyl (C=O) groups excluding carboxylic acids is 1. The summed E-state index contributed by atoms with van der Waals surface area (Å²) in [6.07, 6.45) is 0. The summed E-state index contributed by atoms with van der Waals surface area (Å²) in [5.41, 5.74) is 0.785. The van der Waals surface area contributed by atoms with Gasteiger partial charge in [0, 0.05) is 5.69 Å². The Morgan fingerprint density at radius 3 is 2.94 bits per heavy atom. The first kappa shape index (κ1) is 11.0. The average molecular weight is 249 g/mol. The van der Waals surface area contributed by atoms with Gasteiger partial charge in [-0.3, -0.25) is 4.79 Å². The van der Waals surface area contributed by atoms with E-state index in [1.807, 2.05) is 6.07 Å². The normalized spacial score (nSPS) is 9.65. The summed E-state index contributed by atoms with van der Waals surface area (Å²) in [7, 11) is 0. The van der Waals surface area contributed by atoms with E-state index in [9.17, 15) is 4.79 Å². The lowest BCUT2D eigenvalue weighted by molar-refractivity contribution is 0.101. The van der Waals surface area contributed by atoms with Crippen molar-refractivity contribution in [1.82, 2.24) is 20.6 Å². The fraction of sp³-hybridized carbons (Fsp3) is 0. The number of aromatic amines is 1. The van der Waals surface area contributed by atoms with Crippen LogP contribution in [0, 0.1) is 11.3 Å². The van der Waals surface area contributed by atoms with Gasteiger partial charge in [0.2, 0.25) is 0 Å². The van der Waals surface area contributed by atoms with Crippen LogP contribution >= 0.6 is 11.6 Å². The number of tetrazole rings is 1. The number of anilines is 1. The molecule has 0 bridgehead atoms. The first-order chi connectivity index (χ1) is 8.20. The van der Waals surface area contributed by atoms with E-state index in [0.29, 0.717) is 11.3 Å². The summed E-state index contributed by atoms with van der Waals surface area (Å²) >= 11 is 5.81. The molecule has 0 aliphatic rings. The SMILES string of the molecule is N#Cc1ccc(NC(=O)c2nn[nH]n2)cc1Cl. The zero-order chi connectivity index (χ0) is 12.3. The molecule has 8 heteroatoms. The van der Waals surface area contributed by atoms with Crippen LogP contribution in [0.4, 0.5) is 5.69 Å². The predicted molar refractivity (Wildman–Crippen MR) is 58.3 cm³/mol. The van der Waals surface area contributed by atoms with E-state index in [0.717, 1.165) is 0 Å². The van der Waals surface area contributed by atoms with Crippen LogP contribution < -0.4 is 5.32 Å². The van der Waals surface area contributed by atoms with Gasteiger partial charge in [-0.25, -0.2) is 0 Å². The summed E-state index contributed by atoms with van der Waals surface area (Å²) in [6.45, 7) is 0. The number of benzene rings is 1. The third kappa shape index (κ3) is 2.38. The van der Waals surface area contributed by atoms with Crippen molar-refractivity contribution in [1.29, 1.82) is 5.26 Å². The fourth-order valence-corrected chi connectivity index (χ4v) is 1.35. The molecule has 0 radical (unpaired) electrons. The highest BCUT2D eigenvalue weighted by atomic mass is 35.5. The molecule has 0 aliphatic carbocycles. The highest BCUT2D eigenvalue weighted by molar-refractivity contribution is 6.32. The topological polar surface area (TPSA) is 107 Å². The van der Waals surface area contributed by atoms with Gasteiger partial charge in [-0.05, 0) is 23.4 Å². The highest BCUT2D eigenvalue weighted by Gasteiger charge is 2.11.